The Labute approximate surface area is 172 Å². The van der Waals surface area contributed by atoms with Gasteiger partial charge in [0.05, 0.1) is 43.6 Å². The first-order valence-electron chi connectivity index (χ1n) is 8.63. The maximum absolute atomic E-state index is 12.7. The second-order valence-corrected chi connectivity index (χ2v) is 6.51. The molecule has 10 heteroatoms. The molecule has 0 aliphatic carbocycles. The zero-order valence-corrected chi connectivity index (χ0v) is 16.9. The number of halogens is 1. The third kappa shape index (κ3) is 5.12. The summed E-state index contributed by atoms with van der Waals surface area (Å²) in [7, 11) is 2.46. The third-order valence-corrected chi connectivity index (χ3v) is 4.68. The van der Waals surface area contributed by atoms with Crippen molar-refractivity contribution >= 4 is 23.5 Å². The molecule has 0 amide bonds. The van der Waals surface area contributed by atoms with Crippen LogP contribution in [0, 0.1) is 10.1 Å². The monoisotopic (exact) mass is 424 g/mol. The molecule has 1 aromatic carbocycles. The fourth-order valence-corrected chi connectivity index (χ4v) is 3.32. The van der Waals surface area contributed by atoms with Crippen LogP contribution in [-0.4, -0.2) is 50.8 Å². The molecule has 1 aromatic rings. The van der Waals surface area contributed by atoms with Crippen molar-refractivity contribution in [2.24, 2.45) is 0 Å². The van der Waals surface area contributed by atoms with E-state index in [0.717, 1.165) is 0 Å². The first-order chi connectivity index (χ1) is 13.8. The van der Waals surface area contributed by atoms with Crippen molar-refractivity contribution in [1.29, 1.82) is 0 Å². The maximum atomic E-state index is 12.7. The van der Waals surface area contributed by atoms with Crippen LogP contribution in [0.2, 0.25) is 5.02 Å². The van der Waals surface area contributed by atoms with Crippen LogP contribution in [0.5, 0.6) is 0 Å². The number of carbonyl (C=O) groups is 2. The molecule has 1 aliphatic heterocycles. The number of allylic oxidation sites excluding steroid dienone is 1. The van der Waals surface area contributed by atoms with Crippen molar-refractivity contribution in [2.45, 2.75) is 12.8 Å². The number of hydrogen-bond acceptors (Lipinski definition) is 8. The lowest BCUT2D eigenvalue weighted by Gasteiger charge is -2.31. The van der Waals surface area contributed by atoms with Crippen LogP contribution in [0.25, 0.3) is 0 Å². The average molecular weight is 425 g/mol. The van der Waals surface area contributed by atoms with Crippen molar-refractivity contribution in [3.05, 3.63) is 67.5 Å². The molecule has 1 N–H and O–H groups in total. The van der Waals surface area contributed by atoms with E-state index in [1.54, 1.807) is 31.2 Å². The molecule has 29 heavy (non-hydrogen) atoms. The molecule has 1 heterocycles. The SMILES string of the molecule is COC(=O)C1=C(C)NC(COCC[N+](=O)[O-])=C(C(=O)OC)C1c1ccccc1Cl. The number of rotatable bonds is 8. The predicted molar refractivity (Wildman–Crippen MR) is 104 cm³/mol. The lowest BCUT2D eigenvalue weighted by molar-refractivity contribution is -0.483. The minimum absolute atomic E-state index is 0.118. The zero-order valence-electron chi connectivity index (χ0n) is 16.2. The minimum Gasteiger partial charge on any atom is -0.466 e. The Balaban J connectivity index is 2.58. The van der Waals surface area contributed by atoms with Crippen LogP contribution in [0.3, 0.4) is 0 Å². The fourth-order valence-electron chi connectivity index (χ4n) is 3.08. The lowest BCUT2D eigenvalue weighted by Crippen LogP contribution is -2.34. The first-order valence-corrected chi connectivity index (χ1v) is 9.01. The highest BCUT2D eigenvalue weighted by Crippen LogP contribution is 2.41. The van der Waals surface area contributed by atoms with E-state index in [-0.39, 0.29) is 30.9 Å². The molecular weight excluding hydrogens is 404 g/mol. The summed E-state index contributed by atoms with van der Waals surface area (Å²) in [6.45, 7) is 1.01. The Morgan fingerprint density at radius 1 is 1.17 bits per heavy atom. The third-order valence-electron chi connectivity index (χ3n) is 4.34. The summed E-state index contributed by atoms with van der Waals surface area (Å²) < 4.78 is 15.2. The molecule has 1 atom stereocenters. The Morgan fingerprint density at radius 2 is 1.79 bits per heavy atom. The molecule has 0 spiro atoms. The Hall–Kier alpha value is -2.91. The van der Waals surface area contributed by atoms with Crippen LogP contribution in [-0.2, 0) is 23.8 Å². The summed E-state index contributed by atoms with van der Waals surface area (Å²) in [6.07, 6.45) is 0. The van der Waals surface area contributed by atoms with Crippen molar-refractivity contribution in [2.75, 3.05) is 34.0 Å². The number of methoxy groups -OCH3 is 2. The number of ether oxygens (including phenoxy) is 3. The van der Waals surface area contributed by atoms with Gasteiger partial charge >= 0.3 is 11.9 Å². The van der Waals surface area contributed by atoms with E-state index in [9.17, 15) is 19.7 Å². The van der Waals surface area contributed by atoms with Gasteiger partial charge in [0.1, 0.15) is 6.61 Å². The van der Waals surface area contributed by atoms with E-state index in [2.05, 4.69) is 5.32 Å². The Kier molecular flexibility index (Phi) is 7.74. The predicted octanol–water partition coefficient (Wildman–Crippen LogP) is 2.19. The molecule has 156 valence electrons. The number of carbonyl (C=O) groups excluding carboxylic acids is 2. The fraction of sp³-hybridized carbons (Fsp3) is 0.368. The molecule has 0 bridgehead atoms. The smallest absolute Gasteiger partial charge is 0.336 e. The van der Waals surface area contributed by atoms with E-state index in [1.807, 2.05) is 0 Å². The van der Waals surface area contributed by atoms with Crippen molar-refractivity contribution < 1.29 is 28.7 Å². The van der Waals surface area contributed by atoms with Crippen molar-refractivity contribution in [3.8, 4) is 0 Å². The quantitative estimate of drug-likeness (QED) is 0.292. The zero-order chi connectivity index (χ0) is 21.6. The van der Waals surface area contributed by atoms with Gasteiger partial charge in [-0.1, -0.05) is 29.8 Å². The number of benzene rings is 1. The van der Waals surface area contributed by atoms with Crippen LogP contribution < -0.4 is 5.32 Å². The van der Waals surface area contributed by atoms with E-state index in [1.165, 1.54) is 14.2 Å². The van der Waals surface area contributed by atoms with Crippen molar-refractivity contribution in [1.82, 2.24) is 5.32 Å². The molecule has 9 nitrogen and oxygen atoms in total. The molecular formula is C19H21ClN2O7. The van der Waals surface area contributed by atoms with E-state index < -0.39 is 22.8 Å². The van der Waals surface area contributed by atoms with Gasteiger partial charge in [0.25, 0.3) is 0 Å². The van der Waals surface area contributed by atoms with Gasteiger partial charge in [-0.15, -0.1) is 0 Å². The number of nitro groups is 1. The topological polar surface area (TPSA) is 117 Å². The van der Waals surface area contributed by atoms with Crippen molar-refractivity contribution in [3.63, 3.8) is 0 Å². The van der Waals surface area contributed by atoms with Gasteiger partial charge in [0, 0.05) is 15.6 Å². The first kappa shape index (κ1) is 22.4. The van der Waals surface area contributed by atoms with Gasteiger partial charge in [0.2, 0.25) is 6.54 Å². The normalized spacial score (nSPS) is 16.3. The molecule has 0 radical (unpaired) electrons. The number of nitrogens with zero attached hydrogens (tertiary/aromatic N) is 1. The standard InChI is InChI=1S/C19H21ClN2O7/c1-11-15(18(23)27-2)16(12-6-4-5-7-13(12)20)17(19(24)28-3)14(21-11)10-29-9-8-22(25)26/h4-7,16,21H,8-10H2,1-3H3. The summed E-state index contributed by atoms with van der Waals surface area (Å²) in [6, 6.07) is 6.80. The summed E-state index contributed by atoms with van der Waals surface area (Å²) in [4.78, 5) is 35.2. The second kappa shape index (κ2) is 10.0. The van der Waals surface area contributed by atoms with E-state index in [4.69, 9.17) is 25.8 Å². The summed E-state index contributed by atoms with van der Waals surface area (Å²) >= 11 is 6.36. The van der Waals surface area contributed by atoms with Crippen LogP contribution in [0.1, 0.15) is 18.4 Å². The molecule has 2 rings (SSSR count). The number of esters is 2. The summed E-state index contributed by atoms with van der Waals surface area (Å²) in [5.41, 5.74) is 1.61. The number of dihydropyridines is 1. The largest absolute Gasteiger partial charge is 0.466 e. The average Bonchev–Trinajstić information content (AvgIpc) is 2.69. The van der Waals surface area contributed by atoms with Crippen LogP contribution in [0.15, 0.2) is 46.8 Å². The Bertz CT molecular complexity index is 879. The van der Waals surface area contributed by atoms with Gasteiger partial charge in [-0.05, 0) is 18.6 Å². The van der Waals surface area contributed by atoms with Gasteiger partial charge in [-0.25, -0.2) is 9.59 Å². The molecule has 1 unspecified atom stereocenters. The summed E-state index contributed by atoms with van der Waals surface area (Å²) in [5.74, 6) is -2.18. The molecule has 0 aromatic heterocycles. The van der Waals surface area contributed by atoms with Gasteiger partial charge in [-0.2, -0.15) is 0 Å². The Morgan fingerprint density at radius 3 is 2.38 bits per heavy atom. The molecule has 0 fully saturated rings. The minimum atomic E-state index is -0.862. The number of nitrogens with one attached hydrogen (secondary N) is 1. The maximum Gasteiger partial charge on any atom is 0.336 e. The number of hydrogen-bond donors (Lipinski definition) is 1. The van der Waals surface area contributed by atoms with Crippen LogP contribution in [0.4, 0.5) is 0 Å². The van der Waals surface area contributed by atoms with E-state index in [0.29, 0.717) is 22.0 Å². The second-order valence-electron chi connectivity index (χ2n) is 6.10. The van der Waals surface area contributed by atoms with Crippen LogP contribution >= 0.6 is 11.6 Å². The molecule has 0 saturated carbocycles. The lowest BCUT2D eigenvalue weighted by atomic mass is 9.80. The highest BCUT2D eigenvalue weighted by atomic mass is 35.5. The highest BCUT2D eigenvalue weighted by molar-refractivity contribution is 6.31. The van der Waals surface area contributed by atoms with Gasteiger partial charge in [-0.3, -0.25) is 10.1 Å². The highest BCUT2D eigenvalue weighted by Gasteiger charge is 2.39. The van der Waals surface area contributed by atoms with Gasteiger partial charge < -0.3 is 19.5 Å². The van der Waals surface area contributed by atoms with E-state index >= 15 is 0 Å². The molecule has 1 aliphatic rings. The van der Waals surface area contributed by atoms with Gasteiger partial charge in [0.15, 0.2) is 0 Å². The summed E-state index contributed by atoms with van der Waals surface area (Å²) in [5, 5.41) is 13.8. The molecule has 0 saturated heterocycles.